The molecule has 0 bridgehead atoms. The van der Waals surface area contributed by atoms with E-state index in [1.165, 1.54) is 19.4 Å². The van der Waals surface area contributed by atoms with Gasteiger partial charge >= 0.3 is 0 Å². The Bertz CT molecular complexity index is 161. The van der Waals surface area contributed by atoms with Crippen molar-refractivity contribution in [3.05, 3.63) is 0 Å². The highest BCUT2D eigenvalue weighted by atomic mass is 16.5. The van der Waals surface area contributed by atoms with Crippen molar-refractivity contribution >= 4 is 0 Å². The Morgan fingerprint density at radius 2 is 2.21 bits per heavy atom. The Hall–Kier alpha value is -0.120. The smallest absolute Gasteiger partial charge is 0.0788 e. The number of ether oxygens (including phenoxy) is 1. The predicted octanol–water partition coefficient (Wildman–Crippen LogP) is 1.26. The van der Waals surface area contributed by atoms with Gasteiger partial charge < -0.3 is 14.7 Å². The molecule has 84 valence electrons. The van der Waals surface area contributed by atoms with E-state index in [-0.39, 0.29) is 12.2 Å². The predicted molar refractivity (Wildman–Crippen MR) is 57.4 cm³/mol. The minimum atomic E-state index is -0.303. The first-order chi connectivity index (χ1) is 6.59. The molecule has 3 heteroatoms. The number of hydrogen-bond donors (Lipinski definition) is 1. The van der Waals surface area contributed by atoms with E-state index in [4.69, 9.17) is 4.74 Å². The molecule has 0 radical (unpaired) electrons. The molecular weight excluding hydrogens is 178 g/mol. The average molecular weight is 201 g/mol. The van der Waals surface area contributed by atoms with Crippen LogP contribution in [0, 0.1) is 0 Å². The molecule has 1 aliphatic rings. The number of aliphatic hydroxyl groups excluding tert-OH is 1. The van der Waals surface area contributed by atoms with E-state index in [0.717, 1.165) is 6.42 Å². The molecule has 1 saturated heterocycles. The molecule has 1 N–H and O–H groups in total. The Morgan fingerprint density at radius 3 is 2.71 bits per heavy atom. The highest BCUT2D eigenvalue weighted by molar-refractivity contribution is 4.78. The second kappa shape index (κ2) is 5.69. The summed E-state index contributed by atoms with van der Waals surface area (Å²) < 4.78 is 5.38. The van der Waals surface area contributed by atoms with Crippen LogP contribution < -0.4 is 0 Å². The van der Waals surface area contributed by atoms with Crippen LogP contribution in [0.5, 0.6) is 0 Å². The van der Waals surface area contributed by atoms with Crippen LogP contribution in [0.2, 0.25) is 0 Å². The van der Waals surface area contributed by atoms with Crippen molar-refractivity contribution in [2.45, 2.75) is 51.4 Å². The molecule has 0 amide bonds. The zero-order valence-corrected chi connectivity index (χ0v) is 9.57. The van der Waals surface area contributed by atoms with Crippen molar-refractivity contribution in [2.24, 2.45) is 0 Å². The number of nitrogens with zero attached hydrogens (tertiary/aromatic N) is 1. The van der Waals surface area contributed by atoms with E-state index in [9.17, 15) is 5.11 Å². The van der Waals surface area contributed by atoms with E-state index in [1.54, 1.807) is 0 Å². The molecule has 1 heterocycles. The zero-order chi connectivity index (χ0) is 10.6. The molecule has 1 fully saturated rings. The number of rotatable bonds is 5. The standard InChI is InChI=1S/C11H23NO2/c1-9(2)14-8-11(13)7-10-5-4-6-12(10)3/h9-11,13H,4-8H2,1-3H3/t10?,11-/m1/s1. The second-order valence-corrected chi connectivity index (χ2v) is 4.55. The molecule has 0 aromatic carbocycles. The van der Waals surface area contributed by atoms with E-state index in [2.05, 4.69) is 11.9 Å². The third-order valence-electron chi connectivity index (χ3n) is 2.84. The van der Waals surface area contributed by atoms with Crippen LogP contribution in [0.25, 0.3) is 0 Å². The lowest BCUT2D eigenvalue weighted by Crippen LogP contribution is -2.31. The molecule has 0 saturated carbocycles. The molecular formula is C11H23NO2. The van der Waals surface area contributed by atoms with Crippen LogP contribution >= 0.6 is 0 Å². The number of aliphatic hydroxyl groups is 1. The van der Waals surface area contributed by atoms with Crippen LogP contribution in [0.4, 0.5) is 0 Å². The second-order valence-electron chi connectivity index (χ2n) is 4.55. The first-order valence-electron chi connectivity index (χ1n) is 5.59. The summed E-state index contributed by atoms with van der Waals surface area (Å²) in [6.07, 6.45) is 3.24. The fourth-order valence-electron chi connectivity index (χ4n) is 1.96. The van der Waals surface area contributed by atoms with E-state index < -0.39 is 0 Å². The molecule has 0 aliphatic carbocycles. The summed E-state index contributed by atoms with van der Waals surface area (Å²) in [6, 6.07) is 0.556. The molecule has 2 atom stereocenters. The van der Waals surface area contributed by atoms with E-state index in [0.29, 0.717) is 12.6 Å². The monoisotopic (exact) mass is 201 g/mol. The third-order valence-corrected chi connectivity index (χ3v) is 2.84. The van der Waals surface area contributed by atoms with Gasteiger partial charge in [-0.05, 0) is 46.7 Å². The van der Waals surface area contributed by atoms with Crippen LogP contribution in [0.3, 0.4) is 0 Å². The van der Waals surface area contributed by atoms with Crippen molar-refractivity contribution in [1.82, 2.24) is 4.90 Å². The van der Waals surface area contributed by atoms with Gasteiger partial charge in [-0.15, -0.1) is 0 Å². The maximum Gasteiger partial charge on any atom is 0.0788 e. The number of likely N-dealkylation sites (tertiary alicyclic amines) is 1. The molecule has 0 aromatic rings. The molecule has 1 aliphatic heterocycles. The highest BCUT2D eigenvalue weighted by Gasteiger charge is 2.23. The number of hydrogen-bond acceptors (Lipinski definition) is 3. The lowest BCUT2D eigenvalue weighted by molar-refractivity contribution is -0.00498. The van der Waals surface area contributed by atoms with Crippen LogP contribution in [0.15, 0.2) is 0 Å². The molecule has 14 heavy (non-hydrogen) atoms. The highest BCUT2D eigenvalue weighted by Crippen LogP contribution is 2.19. The molecule has 1 unspecified atom stereocenters. The van der Waals surface area contributed by atoms with Gasteiger partial charge in [0.25, 0.3) is 0 Å². The zero-order valence-electron chi connectivity index (χ0n) is 9.57. The van der Waals surface area contributed by atoms with Crippen LogP contribution in [0.1, 0.15) is 33.1 Å². The Labute approximate surface area is 87.1 Å². The SMILES string of the molecule is CC(C)OC[C@H](O)CC1CCCN1C. The Morgan fingerprint density at radius 1 is 1.50 bits per heavy atom. The Balaban J connectivity index is 2.16. The van der Waals surface area contributed by atoms with Gasteiger partial charge in [0.2, 0.25) is 0 Å². The molecule has 3 nitrogen and oxygen atoms in total. The summed E-state index contributed by atoms with van der Waals surface area (Å²) in [6.45, 7) is 5.63. The van der Waals surface area contributed by atoms with Gasteiger partial charge in [-0.1, -0.05) is 0 Å². The van der Waals surface area contributed by atoms with Crippen LogP contribution in [-0.4, -0.2) is 48.5 Å². The average Bonchev–Trinajstić information content (AvgIpc) is 2.49. The Kier molecular flexibility index (Phi) is 4.85. The van der Waals surface area contributed by atoms with Gasteiger partial charge in [0.1, 0.15) is 0 Å². The lowest BCUT2D eigenvalue weighted by atomic mass is 10.1. The van der Waals surface area contributed by atoms with Crippen molar-refractivity contribution in [3.8, 4) is 0 Å². The molecule has 1 rings (SSSR count). The summed E-state index contributed by atoms with van der Waals surface area (Å²) in [5.41, 5.74) is 0. The summed E-state index contributed by atoms with van der Waals surface area (Å²) in [5, 5.41) is 9.72. The third kappa shape index (κ3) is 3.95. The maximum absolute atomic E-state index is 9.72. The minimum absolute atomic E-state index is 0.214. The minimum Gasteiger partial charge on any atom is -0.391 e. The first kappa shape index (κ1) is 12.0. The van der Waals surface area contributed by atoms with Gasteiger partial charge in [0, 0.05) is 6.04 Å². The van der Waals surface area contributed by atoms with E-state index >= 15 is 0 Å². The quantitative estimate of drug-likeness (QED) is 0.727. The van der Waals surface area contributed by atoms with Gasteiger partial charge in [0.05, 0.1) is 18.8 Å². The van der Waals surface area contributed by atoms with Crippen molar-refractivity contribution in [2.75, 3.05) is 20.2 Å². The van der Waals surface area contributed by atoms with Gasteiger partial charge in [-0.2, -0.15) is 0 Å². The van der Waals surface area contributed by atoms with E-state index in [1.807, 2.05) is 13.8 Å². The summed E-state index contributed by atoms with van der Waals surface area (Å²) in [7, 11) is 2.13. The fraction of sp³-hybridized carbons (Fsp3) is 1.00. The van der Waals surface area contributed by atoms with Gasteiger partial charge in [0.15, 0.2) is 0 Å². The van der Waals surface area contributed by atoms with Gasteiger partial charge in [-0.25, -0.2) is 0 Å². The first-order valence-corrected chi connectivity index (χ1v) is 5.59. The molecule has 0 spiro atoms. The van der Waals surface area contributed by atoms with Crippen molar-refractivity contribution in [3.63, 3.8) is 0 Å². The fourth-order valence-corrected chi connectivity index (χ4v) is 1.96. The summed E-state index contributed by atoms with van der Waals surface area (Å²) >= 11 is 0. The van der Waals surface area contributed by atoms with Gasteiger partial charge in [-0.3, -0.25) is 0 Å². The summed E-state index contributed by atoms with van der Waals surface area (Å²) in [5.74, 6) is 0. The van der Waals surface area contributed by atoms with Crippen molar-refractivity contribution in [1.29, 1.82) is 0 Å². The lowest BCUT2D eigenvalue weighted by Gasteiger charge is -2.22. The van der Waals surface area contributed by atoms with Crippen molar-refractivity contribution < 1.29 is 9.84 Å². The normalized spacial score (nSPS) is 25.9. The topological polar surface area (TPSA) is 32.7 Å². The summed E-state index contributed by atoms with van der Waals surface area (Å²) in [4.78, 5) is 2.33. The van der Waals surface area contributed by atoms with Crippen LogP contribution in [-0.2, 0) is 4.74 Å². The largest absolute Gasteiger partial charge is 0.391 e. The maximum atomic E-state index is 9.72. The molecule has 0 aromatic heterocycles.